The van der Waals surface area contributed by atoms with Crippen molar-refractivity contribution >= 4 is 11.1 Å². The molecule has 108 valence electrons. The molecule has 0 fully saturated rings. The predicted molar refractivity (Wildman–Crippen MR) is 85.3 cm³/mol. The molecule has 0 aliphatic heterocycles. The normalized spacial score (nSPS) is 12.7. The highest BCUT2D eigenvalue weighted by Crippen LogP contribution is 2.23. The molecule has 0 radical (unpaired) electrons. The fourth-order valence-electron chi connectivity index (χ4n) is 2.70. The van der Waals surface area contributed by atoms with Crippen LogP contribution in [-0.2, 0) is 6.42 Å². The number of likely N-dealkylation sites (N-methyl/N-ethyl adjacent to an activating group) is 1. The first kappa shape index (κ1) is 13.8. The van der Waals surface area contributed by atoms with Crippen LogP contribution in [0.3, 0.4) is 0 Å². The highest BCUT2D eigenvalue weighted by Gasteiger charge is 2.16. The lowest BCUT2D eigenvalue weighted by Crippen LogP contribution is -2.23. The lowest BCUT2D eigenvalue weighted by atomic mass is 9.99. The van der Waals surface area contributed by atoms with Crippen molar-refractivity contribution in [1.82, 2.24) is 10.3 Å². The maximum Gasteiger partial charge on any atom is 0.197 e. The van der Waals surface area contributed by atoms with Crippen LogP contribution in [0.15, 0.2) is 52.9 Å². The van der Waals surface area contributed by atoms with E-state index in [4.69, 9.17) is 4.42 Å². The van der Waals surface area contributed by atoms with Crippen LogP contribution in [0.5, 0.6) is 0 Å². The van der Waals surface area contributed by atoms with E-state index in [0.29, 0.717) is 0 Å². The van der Waals surface area contributed by atoms with E-state index in [1.54, 1.807) is 0 Å². The van der Waals surface area contributed by atoms with Gasteiger partial charge in [-0.3, -0.25) is 0 Å². The Labute approximate surface area is 125 Å². The second-order valence-corrected chi connectivity index (χ2v) is 5.25. The Bertz CT molecular complexity index is 700. The largest absolute Gasteiger partial charge is 0.441 e. The number of hydrogen-bond donors (Lipinski definition) is 1. The van der Waals surface area contributed by atoms with E-state index in [-0.39, 0.29) is 6.04 Å². The Balaban J connectivity index is 1.90. The zero-order valence-corrected chi connectivity index (χ0v) is 12.5. The van der Waals surface area contributed by atoms with Gasteiger partial charge < -0.3 is 9.73 Å². The molecule has 1 unspecified atom stereocenters. The van der Waals surface area contributed by atoms with Gasteiger partial charge >= 0.3 is 0 Å². The molecule has 1 heterocycles. The fraction of sp³-hybridized carbons (Fsp3) is 0.278. The molecule has 0 aliphatic rings. The number of nitrogens with one attached hydrogen (secondary N) is 1. The molecule has 2 aromatic carbocycles. The molecule has 0 bridgehead atoms. The topological polar surface area (TPSA) is 38.1 Å². The van der Waals surface area contributed by atoms with E-state index in [2.05, 4.69) is 48.4 Å². The van der Waals surface area contributed by atoms with Gasteiger partial charge in [0.15, 0.2) is 11.5 Å². The third-order valence-corrected chi connectivity index (χ3v) is 3.73. The van der Waals surface area contributed by atoms with Gasteiger partial charge in [0.05, 0.1) is 0 Å². The van der Waals surface area contributed by atoms with Crippen LogP contribution in [0.4, 0.5) is 0 Å². The van der Waals surface area contributed by atoms with Crippen molar-refractivity contribution < 1.29 is 4.42 Å². The van der Waals surface area contributed by atoms with Gasteiger partial charge in [0.1, 0.15) is 5.52 Å². The minimum atomic E-state index is 0.226. The van der Waals surface area contributed by atoms with Gasteiger partial charge in [0, 0.05) is 12.5 Å². The molecule has 0 amide bonds. The highest BCUT2D eigenvalue weighted by molar-refractivity contribution is 5.72. The quantitative estimate of drug-likeness (QED) is 0.766. The average Bonchev–Trinajstić information content (AvgIpc) is 2.89. The molecule has 1 aromatic heterocycles. The molecule has 1 atom stereocenters. The van der Waals surface area contributed by atoms with Gasteiger partial charge in [-0.05, 0) is 36.7 Å². The Kier molecular flexibility index (Phi) is 4.02. The third kappa shape index (κ3) is 2.98. The zero-order chi connectivity index (χ0) is 14.7. The molecule has 3 rings (SSSR count). The summed E-state index contributed by atoms with van der Waals surface area (Å²) in [6.07, 6.45) is 0.757. The number of aryl methyl sites for hydroxylation is 1. The number of para-hydroxylation sites is 2. The number of rotatable bonds is 5. The van der Waals surface area contributed by atoms with Gasteiger partial charge in [0.2, 0.25) is 0 Å². The van der Waals surface area contributed by atoms with E-state index < -0.39 is 0 Å². The SMILES string of the molecule is CCNC(Cc1nc2ccccc2o1)c1ccccc1C. The maximum atomic E-state index is 5.86. The molecule has 0 saturated carbocycles. The summed E-state index contributed by atoms with van der Waals surface area (Å²) in [6, 6.07) is 16.6. The molecule has 0 saturated heterocycles. The van der Waals surface area contributed by atoms with Crippen LogP contribution in [-0.4, -0.2) is 11.5 Å². The molecule has 0 spiro atoms. The Morgan fingerprint density at radius 3 is 2.62 bits per heavy atom. The van der Waals surface area contributed by atoms with E-state index in [1.165, 1.54) is 11.1 Å². The van der Waals surface area contributed by atoms with E-state index >= 15 is 0 Å². The molecule has 3 aromatic rings. The number of fused-ring (bicyclic) bond motifs is 1. The molecule has 1 N–H and O–H groups in total. The second-order valence-electron chi connectivity index (χ2n) is 5.25. The number of oxazole rings is 1. The van der Waals surface area contributed by atoms with Gasteiger partial charge in [-0.25, -0.2) is 4.98 Å². The standard InChI is InChI=1S/C18H20N2O/c1-3-19-16(14-9-5-4-8-13(14)2)12-18-20-15-10-6-7-11-17(15)21-18/h4-11,16,19H,3,12H2,1-2H3. The van der Waals surface area contributed by atoms with Crippen molar-refractivity contribution in [1.29, 1.82) is 0 Å². The minimum absolute atomic E-state index is 0.226. The summed E-state index contributed by atoms with van der Waals surface area (Å²) in [5, 5.41) is 3.53. The van der Waals surface area contributed by atoms with Crippen LogP contribution in [0.1, 0.15) is 30.0 Å². The van der Waals surface area contributed by atoms with Crippen LogP contribution in [0.25, 0.3) is 11.1 Å². The van der Waals surface area contributed by atoms with E-state index in [0.717, 1.165) is 30.0 Å². The Morgan fingerprint density at radius 2 is 1.86 bits per heavy atom. The average molecular weight is 280 g/mol. The summed E-state index contributed by atoms with van der Waals surface area (Å²) in [5.41, 5.74) is 4.38. The Morgan fingerprint density at radius 1 is 1.10 bits per heavy atom. The number of aromatic nitrogens is 1. The van der Waals surface area contributed by atoms with E-state index in [1.807, 2.05) is 24.3 Å². The Hall–Kier alpha value is -2.13. The van der Waals surface area contributed by atoms with Crippen molar-refractivity contribution in [3.63, 3.8) is 0 Å². The monoisotopic (exact) mass is 280 g/mol. The predicted octanol–water partition coefficient (Wildman–Crippen LogP) is 4.03. The first-order chi connectivity index (χ1) is 10.3. The lowest BCUT2D eigenvalue weighted by Gasteiger charge is -2.18. The zero-order valence-electron chi connectivity index (χ0n) is 12.5. The maximum absolute atomic E-state index is 5.86. The van der Waals surface area contributed by atoms with Gasteiger partial charge in [-0.1, -0.05) is 43.3 Å². The summed E-state index contributed by atoms with van der Waals surface area (Å²) in [4.78, 5) is 4.58. The van der Waals surface area contributed by atoms with Gasteiger partial charge in [0.25, 0.3) is 0 Å². The second kappa shape index (κ2) is 6.10. The highest BCUT2D eigenvalue weighted by atomic mass is 16.3. The lowest BCUT2D eigenvalue weighted by molar-refractivity contribution is 0.459. The fourth-order valence-corrected chi connectivity index (χ4v) is 2.70. The minimum Gasteiger partial charge on any atom is -0.441 e. The molecule has 21 heavy (non-hydrogen) atoms. The molecule has 3 nitrogen and oxygen atoms in total. The molecule has 3 heteroatoms. The number of hydrogen-bond acceptors (Lipinski definition) is 3. The van der Waals surface area contributed by atoms with Gasteiger partial charge in [-0.15, -0.1) is 0 Å². The summed E-state index contributed by atoms with van der Waals surface area (Å²) >= 11 is 0. The number of benzene rings is 2. The van der Waals surface area contributed by atoms with Crippen LogP contribution in [0.2, 0.25) is 0 Å². The summed E-state index contributed by atoms with van der Waals surface area (Å²) in [7, 11) is 0. The van der Waals surface area contributed by atoms with E-state index in [9.17, 15) is 0 Å². The number of nitrogens with zero attached hydrogens (tertiary/aromatic N) is 1. The van der Waals surface area contributed by atoms with Crippen molar-refractivity contribution in [2.45, 2.75) is 26.3 Å². The third-order valence-electron chi connectivity index (χ3n) is 3.73. The molecular weight excluding hydrogens is 260 g/mol. The van der Waals surface area contributed by atoms with Crippen LogP contribution < -0.4 is 5.32 Å². The first-order valence-corrected chi connectivity index (χ1v) is 7.41. The van der Waals surface area contributed by atoms with Crippen molar-refractivity contribution in [3.8, 4) is 0 Å². The summed E-state index contributed by atoms with van der Waals surface area (Å²) in [6.45, 7) is 5.18. The van der Waals surface area contributed by atoms with Gasteiger partial charge in [-0.2, -0.15) is 0 Å². The summed E-state index contributed by atoms with van der Waals surface area (Å²) < 4.78 is 5.86. The van der Waals surface area contributed by atoms with Crippen molar-refractivity contribution in [2.75, 3.05) is 6.54 Å². The summed E-state index contributed by atoms with van der Waals surface area (Å²) in [5.74, 6) is 0.783. The van der Waals surface area contributed by atoms with Crippen molar-refractivity contribution in [3.05, 3.63) is 65.5 Å². The molecule has 0 aliphatic carbocycles. The van der Waals surface area contributed by atoms with Crippen LogP contribution in [0, 0.1) is 6.92 Å². The van der Waals surface area contributed by atoms with Crippen molar-refractivity contribution in [2.24, 2.45) is 0 Å². The molecular formula is C18H20N2O. The first-order valence-electron chi connectivity index (χ1n) is 7.41. The smallest absolute Gasteiger partial charge is 0.197 e. The van der Waals surface area contributed by atoms with Crippen LogP contribution >= 0.6 is 0 Å².